The molecule has 0 aliphatic heterocycles. The lowest BCUT2D eigenvalue weighted by Gasteiger charge is -2.12. The first kappa shape index (κ1) is 22.0. The summed E-state index contributed by atoms with van der Waals surface area (Å²) in [6, 6.07) is 8.13. The predicted octanol–water partition coefficient (Wildman–Crippen LogP) is 4.96. The van der Waals surface area contributed by atoms with Gasteiger partial charge in [0.1, 0.15) is 11.5 Å². The highest BCUT2D eigenvalue weighted by Gasteiger charge is 2.09. The van der Waals surface area contributed by atoms with Crippen LogP contribution >= 0.6 is 0 Å². The largest absolute Gasteiger partial charge is 0.365 e. The first-order valence-electron chi connectivity index (χ1n) is 10.6. The topological polar surface area (TPSA) is 88.8 Å². The first-order valence-corrected chi connectivity index (χ1v) is 10.6. The van der Waals surface area contributed by atoms with Crippen LogP contribution in [0.4, 0.5) is 5.82 Å². The normalized spacial score (nSPS) is 11.0. The molecule has 0 amide bonds. The molecule has 4 aromatic heterocycles. The number of rotatable bonds is 7. The molecule has 1 N–H and O–H groups in total. The zero-order valence-corrected chi connectivity index (χ0v) is 18.9. The van der Waals surface area contributed by atoms with E-state index in [1.807, 2.05) is 44.4 Å². The molecule has 0 saturated carbocycles. The van der Waals surface area contributed by atoms with Crippen molar-refractivity contribution in [3.63, 3.8) is 0 Å². The van der Waals surface area contributed by atoms with E-state index in [0.717, 1.165) is 45.0 Å². The second-order valence-electron chi connectivity index (χ2n) is 7.73. The van der Waals surface area contributed by atoms with Crippen LogP contribution in [0.3, 0.4) is 0 Å². The van der Waals surface area contributed by atoms with Gasteiger partial charge in [-0.1, -0.05) is 12.6 Å². The third-order valence-corrected chi connectivity index (χ3v) is 5.18. The second kappa shape index (κ2) is 9.91. The highest BCUT2D eigenvalue weighted by Crippen LogP contribution is 2.23. The molecule has 7 heteroatoms. The molecule has 0 aromatic carbocycles. The third-order valence-electron chi connectivity index (χ3n) is 5.18. The van der Waals surface area contributed by atoms with Crippen LogP contribution in [0.25, 0.3) is 17.0 Å². The van der Waals surface area contributed by atoms with Gasteiger partial charge in [-0.05, 0) is 55.7 Å². The van der Waals surface area contributed by atoms with Gasteiger partial charge in [0.2, 0.25) is 0 Å². The minimum absolute atomic E-state index is 0.541. The number of hydrogen-bond acceptors (Lipinski definition) is 7. The Bertz CT molecular complexity index is 1310. The second-order valence-corrected chi connectivity index (χ2v) is 7.73. The molecule has 0 spiro atoms. The van der Waals surface area contributed by atoms with Gasteiger partial charge in [-0.25, -0.2) is 4.98 Å². The summed E-state index contributed by atoms with van der Waals surface area (Å²) < 4.78 is 0. The Balaban J connectivity index is 1.51. The van der Waals surface area contributed by atoms with Crippen molar-refractivity contribution in [2.45, 2.75) is 27.3 Å². The average Bonchev–Trinajstić information content (AvgIpc) is 2.82. The fourth-order valence-corrected chi connectivity index (χ4v) is 3.44. The quantitative estimate of drug-likeness (QED) is 0.413. The summed E-state index contributed by atoms with van der Waals surface area (Å²) in [4.78, 5) is 26.3. The maximum absolute atomic E-state index is 4.70. The van der Waals surface area contributed by atoms with E-state index in [2.05, 4.69) is 49.8 Å². The first-order chi connectivity index (χ1) is 16.0. The maximum Gasteiger partial charge on any atom is 0.135 e. The molecule has 0 saturated heterocycles. The highest BCUT2D eigenvalue weighted by atomic mass is 15.0. The monoisotopic (exact) mass is 435 g/mol. The molecule has 0 aliphatic rings. The zero-order chi connectivity index (χ0) is 23.2. The van der Waals surface area contributed by atoms with Crippen LogP contribution in [0.15, 0.2) is 73.0 Å². The Labute approximate surface area is 193 Å². The number of aromatic nitrogens is 5. The molecule has 0 atom stereocenters. The van der Waals surface area contributed by atoms with E-state index in [-0.39, 0.29) is 0 Å². The highest BCUT2D eigenvalue weighted by molar-refractivity contribution is 5.91. The van der Waals surface area contributed by atoms with Crippen molar-refractivity contribution in [3.05, 3.63) is 102 Å². The van der Waals surface area contributed by atoms with Gasteiger partial charge in [0.05, 0.1) is 17.6 Å². The summed E-state index contributed by atoms with van der Waals surface area (Å²) >= 11 is 0. The predicted molar refractivity (Wildman–Crippen MR) is 132 cm³/mol. The molecule has 0 fully saturated rings. The lowest BCUT2D eigenvalue weighted by atomic mass is 10.1. The molecular formula is C26H25N7. The van der Waals surface area contributed by atoms with Gasteiger partial charge in [-0.3, -0.25) is 24.9 Å². The lowest BCUT2D eigenvalue weighted by Crippen LogP contribution is -2.06. The van der Waals surface area contributed by atoms with Crippen molar-refractivity contribution in [2.75, 3.05) is 5.32 Å². The van der Waals surface area contributed by atoms with E-state index in [1.165, 1.54) is 0 Å². The molecule has 164 valence electrons. The number of aryl methyl sites for hydroxylation is 3. The smallest absolute Gasteiger partial charge is 0.135 e. The molecule has 0 aliphatic carbocycles. The van der Waals surface area contributed by atoms with Crippen LogP contribution in [0, 0.1) is 20.8 Å². The molecule has 4 aromatic rings. The summed E-state index contributed by atoms with van der Waals surface area (Å²) in [7, 11) is 0. The van der Waals surface area contributed by atoms with E-state index in [9.17, 15) is 0 Å². The Morgan fingerprint density at radius 3 is 2.55 bits per heavy atom. The van der Waals surface area contributed by atoms with Crippen molar-refractivity contribution < 1.29 is 0 Å². The van der Waals surface area contributed by atoms with Crippen molar-refractivity contribution in [1.82, 2.24) is 24.9 Å². The van der Waals surface area contributed by atoms with Crippen LogP contribution in [0.5, 0.6) is 0 Å². The van der Waals surface area contributed by atoms with E-state index in [0.29, 0.717) is 17.9 Å². The summed E-state index contributed by atoms with van der Waals surface area (Å²) in [6.45, 7) is 10.7. The van der Waals surface area contributed by atoms with Gasteiger partial charge < -0.3 is 5.32 Å². The molecule has 0 bridgehead atoms. The minimum Gasteiger partial charge on any atom is -0.365 e. The van der Waals surface area contributed by atoms with Gasteiger partial charge in [0.15, 0.2) is 0 Å². The standard InChI is InChI=1S/C26H25N7/c1-17-5-7-30-26(23(17)15-31-20(4)24-16-27-9-10-29-24)33-14-21-11-18(2)25(32-13-21)22-6-8-28-19(3)12-22/h5-13,15-16H,4,14H2,1-3H3,(H,30,33). The molecule has 0 radical (unpaired) electrons. The molecule has 7 nitrogen and oxygen atoms in total. The van der Waals surface area contributed by atoms with Gasteiger partial charge in [0.25, 0.3) is 0 Å². The van der Waals surface area contributed by atoms with Crippen molar-refractivity contribution in [2.24, 2.45) is 4.99 Å². The van der Waals surface area contributed by atoms with Gasteiger partial charge in [-0.15, -0.1) is 0 Å². The lowest BCUT2D eigenvalue weighted by molar-refractivity contribution is 1.07. The van der Waals surface area contributed by atoms with E-state index in [1.54, 1.807) is 31.0 Å². The Kier molecular flexibility index (Phi) is 6.59. The summed E-state index contributed by atoms with van der Waals surface area (Å²) in [5.74, 6) is 0.747. The van der Waals surface area contributed by atoms with Crippen molar-refractivity contribution >= 4 is 17.7 Å². The van der Waals surface area contributed by atoms with Gasteiger partial charge in [-0.2, -0.15) is 0 Å². The van der Waals surface area contributed by atoms with Crippen molar-refractivity contribution in [1.29, 1.82) is 0 Å². The van der Waals surface area contributed by atoms with Crippen LogP contribution in [-0.4, -0.2) is 31.1 Å². The van der Waals surface area contributed by atoms with E-state index < -0.39 is 0 Å². The number of pyridine rings is 3. The number of aliphatic imine (C=N–C) groups is 1. The molecule has 4 heterocycles. The Morgan fingerprint density at radius 2 is 1.79 bits per heavy atom. The number of hydrogen-bond donors (Lipinski definition) is 1. The van der Waals surface area contributed by atoms with Gasteiger partial charge in [0, 0.05) is 60.6 Å². The summed E-state index contributed by atoms with van der Waals surface area (Å²) in [5.41, 5.74) is 8.32. The van der Waals surface area contributed by atoms with Crippen LogP contribution in [-0.2, 0) is 6.54 Å². The van der Waals surface area contributed by atoms with Crippen LogP contribution < -0.4 is 5.32 Å². The zero-order valence-electron chi connectivity index (χ0n) is 18.9. The molecule has 33 heavy (non-hydrogen) atoms. The summed E-state index contributed by atoms with van der Waals surface area (Å²) in [6.07, 6.45) is 12.1. The molecule has 4 rings (SSSR count). The minimum atomic E-state index is 0.541. The van der Waals surface area contributed by atoms with Crippen LogP contribution in [0.2, 0.25) is 0 Å². The fourth-order valence-electron chi connectivity index (χ4n) is 3.44. The van der Waals surface area contributed by atoms with E-state index >= 15 is 0 Å². The maximum atomic E-state index is 4.70. The summed E-state index contributed by atoms with van der Waals surface area (Å²) in [5, 5.41) is 3.42. The third kappa shape index (κ3) is 5.33. The average molecular weight is 436 g/mol. The fraction of sp³-hybridized carbons (Fsp3) is 0.154. The number of nitrogens with one attached hydrogen (secondary N) is 1. The van der Waals surface area contributed by atoms with E-state index in [4.69, 9.17) is 4.98 Å². The molecular weight excluding hydrogens is 410 g/mol. The van der Waals surface area contributed by atoms with Gasteiger partial charge >= 0.3 is 0 Å². The Morgan fingerprint density at radius 1 is 0.939 bits per heavy atom. The number of nitrogens with zero attached hydrogens (tertiary/aromatic N) is 6. The van der Waals surface area contributed by atoms with Crippen molar-refractivity contribution in [3.8, 4) is 11.3 Å². The SMILES string of the molecule is C=C(N=Cc1c(C)ccnc1NCc1cnc(-c2ccnc(C)c2)c(C)c1)c1cnccn1. The Hall–Kier alpha value is -4.26. The molecule has 0 unspecified atom stereocenters. The van der Waals surface area contributed by atoms with Crippen LogP contribution in [0.1, 0.15) is 33.6 Å². The number of anilines is 1.